The normalized spacial score (nSPS) is 33.5. The largest absolute Gasteiger partial charge is 0.496 e. The maximum atomic E-state index is 10.6. The van der Waals surface area contributed by atoms with Gasteiger partial charge in [0.25, 0.3) is 0 Å². The summed E-state index contributed by atoms with van der Waals surface area (Å²) in [7, 11) is 4.33. The van der Waals surface area contributed by atoms with Crippen molar-refractivity contribution in [2.75, 3.05) is 34.5 Å². The van der Waals surface area contributed by atoms with E-state index in [0.29, 0.717) is 25.4 Å². The van der Waals surface area contributed by atoms with Gasteiger partial charge in [-0.25, -0.2) is 0 Å². The molecule has 35 heavy (non-hydrogen) atoms. The second kappa shape index (κ2) is 7.73. The Labute approximate surface area is 202 Å². The molecule has 0 amide bonds. The molecule has 4 aliphatic rings. The van der Waals surface area contributed by atoms with Crippen LogP contribution in [0.25, 0.3) is 0 Å². The van der Waals surface area contributed by atoms with E-state index >= 15 is 0 Å². The molecule has 0 radical (unpaired) electrons. The molecule has 11 heteroatoms. The van der Waals surface area contributed by atoms with Crippen LogP contribution in [0.2, 0.25) is 0 Å². The van der Waals surface area contributed by atoms with Crippen LogP contribution in [0.4, 0.5) is 0 Å². The summed E-state index contributed by atoms with van der Waals surface area (Å²) in [5.74, 6) is -2.85. The summed E-state index contributed by atoms with van der Waals surface area (Å²) in [6.45, 7) is 0.784. The average molecular weight is 480 g/mol. The third kappa shape index (κ3) is 2.70. The van der Waals surface area contributed by atoms with Gasteiger partial charge in [0.05, 0.1) is 64.2 Å². The number of nitriles is 3. The average Bonchev–Trinajstić information content (AvgIpc) is 3.42. The lowest BCUT2D eigenvalue weighted by atomic mass is 9.51. The van der Waals surface area contributed by atoms with E-state index in [-0.39, 0.29) is 29.9 Å². The molecule has 1 aliphatic carbocycles. The van der Waals surface area contributed by atoms with Crippen molar-refractivity contribution in [1.82, 2.24) is 0 Å². The summed E-state index contributed by atoms with van der Waals surface area (Å²) in [5.41, 5.74) is -3.89. The second-order valence-electron chi connectivity index (χ2n) is 9.00. The van der Waals surface area contributed by atoms with Crippen LogP contribution in [-0.4, -0.2) is 52.0 Å². The summed E-state index contributed by atoms with van der Waals surface area (Å²) >= 11 is 0. The zero-order chi connectivity index (χ0) is 25.1. The lowest BCUT2D eigenvalue weighted by Crippen LogP contribution is -2.63. The van der Waals surface area contributed by atoms with Crippen molar-refractivity contribution in [3.05, 3.63) is 17.7 Å². The Bertz CT molecular complexity index is 1170. The number of ether oxygens (including phenoxy) is 7. The Morgan fingerprint density at radius 3 is 2.09 bits per heavy atom. The Morgan fingerprint density at radius 2 is 1.57 bits per heavy atom. The highest BCUT2D eigenvalue weighted by Gasteiger charge is 2.82. The van der Waals surface area contributed by atoms with Gasteiger partial charge in [-0.2, -0.15) is 15.8 Å². The molecular weight excluding hydrogens is 456 g/mol. The van der Waals surface area contributed by atoms with Crippen LogP contribution >= 0.6 is 0 Å². The highest BCUT2D eigenvalue weighted by Crippen LogP contribution is 2.71. The van der Waals surface area contributed by atoms with Gasteiger partial charge in [-0.05, 0) is 0 Å². The number of methoxy groups -OCH3 is 3. The van der Waals surface area contributed by atoms with Gasteiger partial charge in [-0.3, -0.25) is 5.41 Å². The maximum absolute atomic E-state index is 10.6. The van der Waals surface area contributed by atoms with Crippen LogP contribution in [0, 0.1) is 56.2 Å². The number of nitrogens with one attached hydrogen (secondary N) is 1. The topological polar surface area (TPSA) is 160 Å². The number of hydrogen-bond acceptors (Lipinski definition) is 11. The lowest BCUT2D eigenvalue weighted by molar-refractivity contribution is -0.331. The zero-order valence-corrected chi connectivity index (χ0v) is 19.5. The number of hydrogen-bond donors (Lipinski definition) is 1. The van der Waals surface area contributed by atoms with Crippen LogP contribution in [0.5, 0.6) is 17.2 Å². The molecule has 1 saturated carbocycles. The fourth-order valence-electron chi connectivity index (χ4n) is 6.10. The van der Waals surface area contributed by atoms with Crippen LogP contribution in [0.15, 0.2) is 12.1 Å². The van der Waals surface area contributed by atoms with Gasteiger partial charge in [0.15, 0.2) is 11.2 Å². The highest BCUT2D eigenvalue weighted by atomic mass is 16.7. The van der Waals surface area contributed by atoms with Gasteiger partial charge < -0.3 is 33.2 Å². The number of rotatable bonds is 4. The Hall–Kier alpha value is -3.56. The van der Waals surface area contributed by atoms with Gasteiger partial charge >= 0.3 is 0 Å². The minimum Gasteiger partial charge on any atom is -0.496 e. The van der Waals surface area contributed by atoms with Gasteiger partial charge in [0.1, 0.15) is 23.4 Å². The molecule has 0 aromatic heterocycles. The van der Waals surface area contributed by atoms with Crippen molar-refractivity contribution in [2.45, 2.75) is 36.9 Å². The predicted octanol–water partition coefficient (Wildman–Crippen LogP) is 2.57. The summed E-state index contributed by atoms with van der Waals surface area (Å²) in [6, 6.07) is 9.42. The van der Waals surface area contributed by atoms with E-state index in [9.17, 15) is 15.8 Å². The van der Waals surface area contributed by atoms with Crippen molar-refractivity contribution in [3.8, 4) is 35.5 Å². The molecule has 1 aromatic rings. The third-order valence-corrected chi connectivity index (χ3v) is 7.75. The van der Waals surface area contributed by atoms with E-state index in [1.165, 1.54) is 21.3 Å². The Balaban J connectivity index is 1.76. The first-order valence-electron chi connectivity index (χ1n) is 11.1. The lowest BCUT2D eigenvalue weighted by Gasteiger charge is -2.54. The molecule has 4 unspecified atom stereocenters. The molecular formula is C24H24N4O7. The molecule has 4 fully saturated rings. The molecule has 3 saturated heterocycles. The monoisotopic (exact) mass is 480 g/mol. The van der Waals surface area contributed by atoms with Crippen molar-refractivity contribution in [1.29, 1.82) is 21.2 Å². The Kier molecular flexibility index (Phi) is 5.12. The molecule has 3 aliphatic heterocycles. The first-order valence-corrected chi connectivity index (χ1v) is 11.1. The fourth-order valence-corrected chi connectivity index (χ4v) is 6.10. The molecule has 1 N–H and O–H groups in total. The summed E-state index contributed by atoms with van der Waals surface area (Å²) in [5, 5.41) is 40.5. The minimum absolute atomic E-state index is 0.137. The minimum atomic E-state index is -2.18. The van der Waals surface area contributed by atoms with Crippen LogP contribution in [0.1, 0.15) is 30.9 Å². The quantitative estimate of drug-likeness (QED) is 0.678. The molecule has 182 valence electrons. The highest BCUT2D eigenvalue weighted by molar-refractivity contribution is 5.89. The Morgan fingerprint density at radius 1 is 0.943 bits per heavy atom. The first kappa shape index (κ1) is 23.2. The molecule has 1 aromatic carbocycles. The van der Waals surface area contributed by atoms with E-state index in [0.717, 1.165) is 0 Å². The van der Waals surface area contributed by atoms with E-state index in [1.807, 2.05) is 0 Å². The van der Waals surface area contributed by atoms with Crippen molar-refractivity contribution >= 4 is 5.90 Å². The molecule has 1 spiro atoms. The van der Waals surface area contributed by atoms with E-state index in [1.54, 1.807) is 12.1 Å². The summed E-state index contributed by atoms with van der Waals surface area (Å²) < 4.78 is 40.8. The second-order valence-corrected chi connectivity index (χ2v) is 9.00. The first-order chi connectivity index (χ1) is 16.8. The SMILES string of the molecule is COc1cc(OC)c(C2OC34CCC5(CC3C(C#N)(C(=N)O4)C2(C#N)C#N)OCCO5)c(OC)c1. The molecule has 2 bridgehead atoms. The van der Waals surface area contributed by atoms with Gasteiger partial charge in [-0.15, -0.1) is 0 Å². The summed E-state index contributed by atoms with van der Waals surface area (Å²) in [6.07, 6.45) is -0.578. The van der Waals surface area contributed by atoms with Gasteiger partial charge in [0, 0.05) is 31.4 Å². The maximum Gasteiger partial charge on any atom is 0.218 e. The predicted molar refractivity (Wildman–Crippen MR) is 115 cm³/mol. The molecule has 3 heterocycles. The molecule has 5 rings (SSSR count). The van der Waals surface area contributed by atoms with Crippen LogP contribution in [0.3, 0.4) is 0 Å². The summed E-state index contributed by atoms with van der Waals surface area (Å²) in [4.78, 5) is 0. The van der Waals surface area contributed by atoms with E-state index < -0.39 is 40.3 Å². The van der Waals surface area contributed by atoms with Gasteiger partial charge in [-0.1, -0.05) is 0 Å². The number of benzene rings is 1. The van der Waals surface area contributed by atoms with Crippen LogP contribution < -0.4 is 14.2 Å². The van der Waals surface area contributed by atoms with Gasteiger partial charge in [0.2, 0.25) is 17.1 Å². The standard InChI is InChI=1S/C24H24N4O7/c1-29-14-8-15(30-2)18(16(9-14)31-3)19-21(11-25,12-26)23(13-27)17-10-22(32-6-7-33-22)4-5-24(17,34-19)35-20(23)28/h8-9,17,19,28H,4-7,10H2,1-3H3. The van der Waals surface area contributed by atoms with Crippen molar-refractivity contribution in [2.24, 2.45) is 16.7 Å². The third-order valence-electron chi connectivity index (χ3n) is 7.75. The number of nitrogens with zero attached hydrogens (tertiary/aromatic N) is 3. The molecule has 4 atom stereocenters. The smallest absolute Gasteiger partial charge is 0.218 e. The zero-order valence-electron chi connectivity index (χ0n) is 19.5. The fraction of sp³-hybridized carbons (Fsp3) is 0.583. The van der Waals surface area contributed by atoms with Crippen molar-refractivity contribution < 1.29 is 33.2 Å². The van der Waals surface area contributed by atoms with E-state index in [4.69, 9.17) is 38.6 Å². The van der Waals surface area contributed by atoms with Crippen LogP contribution in [-0.2, 0) is 18.9 Å². The molecule has 11 nitrogen and oxygen atoms in total. The van der Waals surface area contributed by atoms with Crippen molar-refractivity contribution in [3.63, 3.8) is 0 Å². The van der Waals surface area contributed by atoms with E-state index in [2.05, 4.69) is 18.2 Å².